The highest BCUT2D eigenvalue weighted by atomic mass is 32.1. The summed E-state index contributed by atoms with van der Waals surface area (Å²) in [5.41, 5.74) is 2.85. The van der Waals surface area contributed by atoms with Gasteiger partial charge in [0.25, 0.3) is 0 Å². The van der Waals surface area contributed by atoms with Crippen LogP contribution in [0.3, 0.4) is 0 Å². The smallest absolute Gasteiger partial charge is 0.313 e. The van der Waals surface area contributed by atoms with Crippen molar-refractivity contribution in [2.45, 2.75) is 45.3 Å². The molecule has 0 radical (unpaired) electrons. The van der Waals surface area contributed by atoms with Gasteiger partial charge in [0, 0.05) is 5.38 Å². The molecule has 0 amide bonds. The molecule has 0 saturated heterocycles. The van der Waals surface area contributed by atoms with Crippen LogP contribution in [0.4, 0.5) is 13.2 Å². The molecule has 1 aromatic heterocycles. The van der Waals surface area contributed by atoms with Crippen LogP contribution < -0.4 is 5.73 Å². The quantitative estimate of drug-likeness (QED) is 0.906. The summed E-state index contributed by atoms with van der Waals surface area (Å²) in [7, 11) is 0. The molecule has 2 N–H and O–H groups in total. The van der Waals surface area contributed by atoms with Crippen molar-refractivity contribution >= 4 is 11.3 Å². The van der Waals surface area contributed by atoms with E-state index < -0.39 is 11.7 Å². The number of hydrogen-bond acceptors (Lipinski definition) is 3. The van der Waals surface area contributed by atoms with Crippen molar-refractivity contribution in [3.05, 3.63) is 16.1 Å². The van der Waals surface area contributed by atoms with Crippen LogP contribution in [-0.4, -0.2) is 11.2 Å². The molecule has 1 rings (SSSR count). The molecular formula is C11H17F3N2S. The second-order valence-electron chi connectivity index (χ2n) is 4.76. The third-order valence-electron chi connectivity index (χ3n) is 2.61. The molecule has 1 unspecified atom stereocenters. The van der Waals surface area contributed by atoms with Gasteiger partial charge < -0.3 is 5.73 Å². The van der Waals surface area contributed by atoms with E-state index in [9.17, 15) is 13.2 Å². The van der Waals surface area contributed by atoms with E-state index >= 15 is 0 Å². The van der Waals surface area contributed by atoms with Crippen molar-refractivity contribution in [1.82, 2.24) is 4.98 Å². The Bertz CT molecular complexity index is 369. The maximum atomic E-state index is 12.7. The molecular weight excluding hydrogens is 249 g/mol. The molecule has 0 aromatic carbocycles. The number of aryl methyl sites for hydroxylation is 1. The molecule has 0 bridgehead atoms. The van der Waals surface area contributed by atoms with Gasteiger partial charge in [-0.2, -0.15) is 13.2 Å². The Balaban J connectivity index is 2.81. The lowest BCUT2D eigenvalue weighted by molar-refractivity contribution is -0.185. The molecule has 0 spiro atoms. The minimum Gasteiger partial charge on any atom is -0.313 e. The average molecular weight is 266 g/mol. The van der Waals surface area contributed by atoms with Crippen LogP contribution in [0.2, 0.25) is 0 Å². The minimum absolute atomic E-state index is 0.0891. The van der Waals surface area contributed by atoms with Gasteiger partial charge in [0.05, 0.1) is 10.7 Å². The number of hydrogen-bond donors (Lipinski definition) is 1. The Hall–Kier alpha value is -0.620. The Kier molecular flexibility index (Phi) is 4.19. The summed E-state index contributed by atoms with van der Waals surface area (Å²) >= 11 is 1.24. The summed E-state index contributed by atoms with van der Waals surface area (Å²) in [4.78, 5) is 3.99. The van der Waals surface area contributed by atoms with Crippen LogP contribution in [0, 0.1) is 5.92 Å². The molecule has 0 aliphatic heterocycles. The summed E-state index contributed by atoms with van der Waals surface area (Å²) in [5.74, 6) is 0.509. The van der Waals surface area contributed by atoms with E-state index in [1.165, 1.54) is 16.7 Å². The van der Waals surface area contributed by atoms with E-state index in [1.807, 2.05) is 0 Å². The molecule has 0 aliphatic rings. The van der Waals surface area contributed by atoms with Gasteiger partial charge in [-0.15, -0.1) is 11.3 Å². The standard InChI is InChI=1S/C11H17F3N2S/c1-7(2)4-5-9-16-8(6-17-9)10(3,15)11(12,13)14/h6-7H,4-5,15H2,1-3H3. The van der Waals surface area contributed by atoms with Gasteiger partial charge in [-0.3, -0.25) is 0 Å². The Morgan fingerprint density at radius 3 is 2.47 bits per heavy atom. The number of thiazole rings is 1. The number of rotatable bonds is 4. The van der Waals surface area contributed by atoms with Crippen molar-refractivity contribution < 1.29 is 13.2 Å². The van der Waals surface area contributed by atoms with Crippen molar-refractivity contribution in [3.63, 3.8) is 0 Å². The van der Waals surface area contributed by atoms with Gasteiger partial charge in [0.1, 0.15) is 0 Å². The number of alkyl halides is 3. The molecule has 1 aromatic rings. The first-order valence-electron chi connectivity index (χ1n) is 5.45. The van der Waals surface area contributed by atoms with Crippen molar-refractivity contribution in [3.8, 4) is 0 Å². The van der Waals surface area contributed by atoms with Crippen LogP contribution in [0.1, 0.15) is 37.9 Å². The maximum absolute atomic E-state index is 12.7. The predicted octanol–water partition coefficient (Wildman–Crippen LogP) is 3.47. The SMILES string of the molecule is CC(C)CCc1nc(C(C)(N)C(F)(F)F)cs1. The Labute approximate surface area is 103 Å². The van der Waals surface area contributed by atoms with Crippen LogP contribution >= 0.6 is 11.3 Å². The lowest BCUT2D eigenvalue weighted by Gasteiger charge is -2.25. The fourth-order valence-electron chi connectivity index (χ4n) is 1.22. The van der Waals surface area contributed by atoms with Crippen LogP contribution in [0.5, 0.6) is 0 Å². The van der Waals surface area contributed by atoms with Gasteiger partial charge in [-0.25, -0.2) is 4.98 Å². The van der Waals surface area contributed by atoms with E-state index in [1.54, 1.807) is 0 Å². The topological polar surface area (TPSA) is 38.9 Å². The first-order valence-corrected chi connectivity index (χ1v) is 6.33. The highest BCUT2D eigenvalue weighted by Gasteiger charge is 2.50. The molecule has 17 heavy (non-hydrogen) atoms. The number of aromatic nitrogens is 1. The third kappa shape index (κ3) is 3.42. The summed E-state index contributed by atoms with van der Waals surface area (Å²) in [6.45, 7) is 5.09. The lowest BCUT2D eigenvalue weighted by Crippen LogP contribution is -2.47. The highest BCUT2D eigenvalue weighted by molar-refractivity contribution is 7.09. The largest absolute Gasteiger partial charge is 0.411 e. The average Bonchev–Trinajstić information content (AvgIpc) is 2.61. The Morgan fingerprint density at radius 2 is 2.00 bits per heavy atom. The van der Waals surface area contributed by atoms with Gasteiger partial charge in [-0.1, -0.05) is 13.8 Å². The van der Waals surface area contributed by atoms with E-state index in [2.05, 4.69) is 18.8 Å². The molecule has 1 heterocycles. The van der Waals surface area contributed by atoms with E-state index in [4.69, 9.17) is 5.73 Å². The van der Waals surface area contributed by atoms with E-state index in [0.717, 1.165) is 18.4 Å². The summed E-state index contributed by atoms with van der Waals surface area (Å²) in [6.07, 6.45) is -2.85. The summed E-state index contributed by atoms with van der Waals surface area (Å²) in [5, 5.41) is 2.12. The lowest BCUT2D eigenvalue weighted by atomic mass is 10.00. The fourth-order valence-corrected chi connectivity index (χ4v) is 2.15. The third-order valence-corrected chi connectivity index (χ3v) is 3.52. The monoisotopic (exact) mass is 266 g/mol. The van der Waals surface area contributed by atoms with Crippen molar-refractivity contribution in [2.75, 3.05) is 0 Å². The second-order valence-corrected chi connectivity index (χ2v) is 5.70. The zero-order valence-corrected chi connectivity index (χ0v) is 11.0. The van der Waals surface area contributed by atoms with Crippen molar-refractivity contribution in [2.24, 2.45) is 11.7 Å². The number of nitrogens with zero attached hydrogens (tertiary/aromatic N) is 1. The fraction of sp³-hybridized carbons (Fsp3) is 0.727. The molecule has 6 heteroatoms. The predicted molar refractivity (Wildman–Crippen MR) is 62.9 cm³/mol. The zero-order valence-electron chi connectivity index (χ0n) is 10.1. The van der Waals surface area contributed by atoms with Crippen LogP contribution in [-0.2, 0) is 12.0 Å². The first-order chi connectivity index (χ1) is 7.64. The second kappa shape index (κ2) is 4.94. The van der Waals surface area contributed by atoms with E-state index in [-0.39, 0.29) is 5.69 Å². The number of nitrogens with two attached hydrogens (primary N) is 1. The summed E-state index contributed by atoms with van der Waals surface area (Å²) < 4.78 is 38.0. The zero-order chi connectivity index (χ0) is 13.3. The maximum Gasteiger partial charge on any atom is 0.411 e. The molecule has 0 aliphatic carbocycles. The molecule has 0 fully saturated rings. The van der Waals surface area contributed by atoms with Crippen molar-refractivity contribution in [1.29, 1.82) is 0 Å². The van der Waals surface area contributed by atoms with Gasteiger partial charge in [-0.05, 0) is 25.7 Å². The van der Waals surface area contributed by atoms with E-state index in [0.29, 0.717) is 12.3 Å². The van der Waals surface area contributed by atoms with Crippen LogP contribution in [0.25, 0.3) is 0 Å². The minimum atomic E-state index is -4.48. The van der Waals surface area contributed by atoms with Gasteiger partial charge in [0.15, 0.2) is 5.54 Å². The van der Waals surface area contributed by atoms with Crippen LogP contribution in [0.15, 0.2) is 5.38 Å². The normalized spacial score (nSPS) is 16.2. The van der Waals surface area contributed by atoms with Gasteiger partial charge >= 0.3 is 6.18 Å². The number of halogens is 3. The summed E-state index contributed by atoms with van der Waals surface area (Å²) in [6, 6.07) is 0. The highest BCUT2D eigenvalue weighted by Crippen LogP contribution is 2.36. The molecule has 2 nitrogen and oxygen atoms in total. The molecule has 0 saturated carbocycles. The molecule has 98 valence electrons. The van der Waals surface area contributed by atoms with Gasteiger partial charge in [0.2, 0.25) is 0 Å². The molecule has 1 atom stereocenters. The Morgan fingerprint density at radius 1 is 1.41 bits per heavy atom. The first kappa shape index (κ1) is 14.4.